The van der Waals surface area contributed by atoms with Crippen LogP contribution in [0.2, 0.25) is 0 Å². The van der Waals surface area contributed by atoms with E-state index in [0.29, 0.717) is 35.1 Å². The van der Waals surface area contributed by atoms with Gasteiger partial charge in [0.05, 0.1) is 29.2 Å². The van der Waals surface area contributed by atoms with Crippen LogP contribution in [0.25, 0.3) is 11.5 Å². The second-order valence-electron chi connectivity index (χ2n) is 5.30. The fraction of sp³-hybridized carbons (Fsp3) is 0.158. The average Bonchev–Trinajstić information content (AvgIpc) is 3.16. The first kappa shape index (κ1) is 18.5. The number of para-hydroxylation sites is 2. The number of benzene rings is 2. The van der Waals surface area contributed by atoms with Gasteiger partial charge in [-0.15, -0.1) is 10.2 Å². The molecule has 1 amide bonds. The minimum Gasteiger partial charge on any atom is -0.493 e. The Hall–Kier alpha value is -3.31. The van der Waals surface area contributed by atoms with E-state index in [4.69, 9.17) is 14.4 Å². The van der Waals surface area contributed by atoms with Gasteiger partial charge in [0.15, 0.2) is 0 Å². The van der Waals surface area contributed by atoms with Gasteiger partial charge in [-0.1, -0.05) is 36.0 Å². The molecular formula is C19H16N4O3S. The molecule has 3 aromatic rings. The molecule has 0 spiro atoms. The minimum atomic E-state index is -0.267. The highest BCUT2D eigenvalue weighted by atomic mass is 32.2. The number of rotatable bonds is 7. The average molecular weight is 380 g/mol. The van der Waals surface area contributed by atoms with Crippen LogP contribution in [0.5, 0.6) is 5.75 Å². The molecule has 0 bridgehead atoms. The zero-order valence-corrected chi connectivity index (χ0v) is 15.3. The number of nitrogens with one attached hydrogen (secondary N) is 1. The van der Waals surface area contributed by atoms with Gasteiger partial charge < -0.3 is 14.5 Å². The fourth-order valence-corrected chi connectivity index (χ4v) is 2.87. The largest absolute Gasteiger partial charge is 0.493 e. The SMILES string of the molecule is CCOc1ccccc1-c1nnc(SCC(=O)Nc2ccccc2C#N)o1. The summed E-state index contributed by atoms with van der Waals surface area (Å²) in [7, 11) is 0. The molecule has 1 N–H and O–H groups in total. The van der Waals surface area contributed by atoms with E-state index in [1.807, 2.05) is 37.3 Å². The van der Waals surface area contributed by atoms with E-state index in [9.17, 15) is 4.79 Å². The van der Waals surface area contributed by atoms with Gasteiger partial charge in [-0.25, -0.2) is 0 Å². The van der Waals surface area contributed by atoms with E-state index in [0.717, 1.165) is 11.8 Å². The molecule has 7 nitrogen and oxygen atoms in total. The van der Waals surface area contributed by atoms with Crippen LogP contribution in [0, 0.1) is 11.3 Å². The quantitative estimate of drug-likeness (QED) is 0.623. The van der Waals surface area contributed by atoms with Crippen LogP contribution in [0.15, 0.2) is 58.2 Å². The number of carbonyl (C=O) groups excluding carboxylic acids is 1. The molecule has 2 aromatic carbocycles. The second-order valence-corrected chi connectivity index (χ2v) is 6.22. The van der Waals surface area contributed by atoms with Crippen molar-refractivity contribution in [1.82, 2.24) is 10.2 Å². The summed E-state index contributed by atoms with van der Waals surface area (Å²) in [6.45, 7) is 2.42. The van der Waals surface area contributed by atoms with E-state index in [1.165, 1.54) is 0 Å². The molecule has 8 heteroatoms. The maximum absolute atomic E-state index is 12.1. The van der Waals surface area contributed by atoms with E-state index in [2.05, 4.69) is 15.5 Å². The monoisotopic (exact) mass is 380 g/mol. The van der Waals surface area contributed by atoms with Crippen molar-refractivity contribution in [3.63, 3.8) is 0 Å². The summed E-state index contributed by atoms with van der Waals surface area (Å²) in [5.74, 6) is 0.800. The van der Waals surface area contributed by atoms with Gasteiger partial charge in [0.25, 0.3) is 11.1 Å². The Bertz CT molecular complexity index is 981. The van der Waals surface area contributed by atoms with Gasteiger partial charge >= 0.3 is 0 Å². The number of aromatic nitrogens is 2. The Morgan fingerprint density at radius 3 is 2.81 bits per heavy atom. The number of anilines is 1. The van der Waals surface area contributed by atoms with Crippen molar-refractivity contribution in [3.8, 4) is 23.3 Å². The smallest absolute Gasteiger partial charge is 0.277 e. The van der Waals surface area contributed by atoms with Crippen molar-refractivity contribution in [2.75, 3.05) is 17.7 Å². The normalized spacial score (nSPS) is 10.2. The summed E-state index contributed by atoms with van der Waals surface area (Å²) < 4.78 is 11.2. The predicted octanol–water partition coefficient (Wildman–Crippen LogP) is 3.74. The first-order chi connectivity index (χ1) is 13.2. The lowest BCUT2D eigenvalue weighted by Gasteiger charge is -2.06. The summed E-state index contributed by atoms with van der Waals surface area (Å²) in [6.07, 6.45) is 0. The molecule has 0 aliphatic rings. The van der Waals surface area contributed by atoms with Crippen molar-refractivity contribution in [1.29, 1.82) is 5.26 Å². The van der Waals surface area contributed by atoms with Gasteiger partial charge in [-0.05, 0) is 31.2 Å². The maximum atomic E-state index is 12.1. The molecule has 0 saturated heterocycles. The van der Waals surface area contributed by atoms with Crippen LogP contribution in [0.3, 0.4) is 0 Å². The number of carbonyl (C=O) groups is 1. The van der Waals surface area contributed by atoms with Gasteiger partial charge in [0, 0.05) is 0 Å². The van der Waals surface area contributed by atoms with Crippen LogP contribution in [0.1, 0.15) is 12.5 Å². The Morgan fingerprint density at radius 1 is 1.22 bits per heavy atom. The van der Waals surface area contributed by atoms with Crippen LogP contribution >= 0.6 is 11.8 Å². The summed E-state index contributed by atoms with van der Waals surface area (Å²) in [5.41, 5.74) is 1.58. The summed E-state index contributed by atoms with van der Waals surface area (Å²) >= 11 is 1.12. The Kier molecular flexibility index (Phi) is 6.07. The Labute approximate surface area is 160 Å². The number of amides is 1. The third-order valence-corrected chi connectivity index (χ3v) is 4.29. The zero-order chi connectivity index (χ0) is 19.1. The lowest BCUT2D eigenvalue weighted by atomic mass is 10.2. The van der Waals surface area contributed by atoms with Gasteiger partial charge in [-0.2, -0.15) is 5.26 Å². The van der Waals surface area contributed by atoms with Crippen LogP contribution in [0.4, 0.5) is 5.69 Å². The van der Waals surface area contributed by atoms with Gasteiger partial charge in [-0.3, -0.25) is 4.79 Å². The molecule has 0 unspecified atom stereocenters. The molecule has 0 atom stereocenters. The summed E-state index contributed by atoms with van der Waals surface area (Å²) in [5, 5.41) is 20.0. The molecule has 136 valence electrons. The zero-order valence-electron chi connectivity index (χ0n) is 14.5. The molecule has 0 aliphatic carbocycles. The van der Waals surface area contributed by atoms with Crippen LogP contribution in [-0.4, -0.2) is 28.5 Å². The first-order valence-corrected chi connectivity index (χ1v) is 9.17. The number of hydrogen-bond acceptors (Lipinski definition) is 7. The number of ether oxygens (including phenoxy) is 1. The molecule has 1 aromatic heterocycles. The fourth-order valence-electron chi connectivity index (χ4n) is 2.30. The maximum Gasteiger partial charge on any atom is 0.277 e. The third-order valence-electron chi connectivity index (χ3n) is 3.47. The van der Waals surface area contributed by atoms with E-state index in [-0.39, 0.29) is 16.9 Å². The number of hydrogen-bond donors (Lipinski definition) is 1. The van der Waals surface area contributed by atoms with Crippen LogP contribution in [-0.2, 0) is 4.79 Å². The second kappa shape index (κ2) is 8.87. The van der Waals surface area contributed by atoms with Gasteiger partial charge in [0.1, 0.15) is 11.8 Å². The van der Waals surface area contributed by atoms with Gasteiger partial charge in [0.2, 0.25) is 5.91 Å². The highest BCUT2D eigenvalue weighted by molar-refractivity contribution is 7.99. The molecular weight excluding hydrogens is 364 g/mol. The third kappa shape index (κ3) is 4.65. The molecule has 1 heterocycles. The predicted molar refractivity (Wildman–Crippen MR) is 101 cm³/mol. The Balaban J connectivity index is 1.63. The topological polar surface area (TPSA) is 101 Å². The van der Waals surface area contributed by atoms with Crippen molar-refractivity contribution >= 4 is 23.4 Å². The lowest BCUT2D eigenvalue weighted by molar-refractivity contribution is -0.113. The Morgan fingerprint density at radius 2 is 2.00 bits per heavy atom. The molecule has 0 saturated carbocycles. The highest BCUT2D eigenvalue weighted by Crippen LogP contribution is 2.30. The number of nitrogens with zero attached hydrogens (tertiary/aromatic N) is 3. The van der Waals surface area contributed by atoms with Crippen molar-refractivity contribution in [2.45, 2.75) is 12.1 Å². The molecule has 0 aliphatic heterocycles. The number of nitriles is 1. The van der Waals surface area contributed by atoms with E-state index >= 15 is 0 Å². The molecule has 0 radical (unpaired) electrons. The standard InChI is InChI=1S/C19H16N4O3S/c1-2-25-16-10-6-4-8-14(16)18-22-23-19(26-18)27-12-17(24)21-15-9-5-3-7-13(15)11-20/h3-10H,2,12H2,1H3,(H,21,24). The minimum absolute atomic E-state index is 0.0779. The summed E-state index contributed by atoms with van der Waals surface area (Å²) in [4.78, 5) is 12.1. The van der Waals surface area contributed by atoms with Crippen LogP contribution < -0.4 is 10.1 Å². The number of thioether (sulfide) groups is 1. The van der Waals surface area contributed by atoms with E-state index in [1.54, 1.807) is 24.3 Å². The van der Waals surface area contributed by atoms with E-state index < -0.39 is 0 Å². The first-order valence-electron chi connectivity index (χ1n) is 8.18. The van der Waals surface area contributed by atoms with Crippen molar-refractivity contribution < 1.29 is 13.9 Å². The van der Waals surface area contributed by atoms with Crippen molar-refractivity contribution in [2.24, 2.45) is 0 Å². The molecule has 0 fully saturated rings. The van der Waals surface area contributed by atoms with Crippen molar-refractivity contribution in [3.05, 3.63) is 54.1 Å². The molecule has 3 rings (SSSR count). The molecule has 27 heavy (non-hydrogen) atoms. The highest BCUT2D eigenvalue weighted by Gasteiger charge is 2.15. The lowest BCUT2D eigenvalue weighted by Crippen LogP contribution is -2.14. The summed E-state index contributed by atoms with van der Waals surface area (Å²) in [6, 6.07) is 16.2.